The second-order valence-corrected chi connectivity index (χ2v) is 5.31. The van der Waals surface area contributed by atoms with Crippen LogP contribution in [0.25, 0.3) is 5.65 Å². The number of rotatable bonds is 2. The second-order valence-electron chi connectivity index (χ2n) is 5.31. The van der Waals surface area contributed by atoms with E-state index in [0.717, 1.165) is 48.9 Å². The van der Waals surface area contributed by atoms with E-state index in [9.17, 15) is 0 Å². The first-order valence-corrected chi connectivity index (χ1v) is 6.69. The molecule has 2 aromatic heterocycles. The van der Waals surface area contributed by atoms with Crippen LogP contribution in [0.1, 0.15) is 24.5 Å². The van der Waals surface area contributed by atoms with Gasteiger partial charge >= 0.3 is 0 Å². The van der Waals surface area contributed by atoms with E-state index in [1.54, 1.807) is 0 Å². The van der Waals surface area contributed by atoms with Crippen molar-refractivity contribution < 1.29 is 4.74 Å². The molecule has 1 unspecified atom stereocenters. The summed E-state index contributed by atoms with van der Waals surface area (Å²) in [7, 11) is 4.04. The molecule has 102 valence electrons. The van der Waals surface area contributed by atoms with Gasteiger partial charge in [-0.15, -0.1) is 0 Å². The van der Waals surface area contributed by atoms with Crippen LogP contribution in [0.4, 0.5) is 11.5 Å². The second kappa shape index (κ2) is 4.74. The van der Waals surface area contributed by atoms with Crippen molar-refractivity contribution in [2.45, 2.75) is 18.8 Å². The summed E-state index contributed by atoms with van der Waals surface area (Å²) in [5.74, 6) is 1.07. The van der Waals surface area contributed by atoms with Crippen LogP contribution in [0, 0.1) is 0 Å². The number of ether oxygens (including phenoxy) is 1. The van der Waals surface area contributed by atoms with Crippen LogP contribution >= 0.6 is 0 Å². The first kappa shape index (κ1) is 12.3. The lowest BCUT2D eigenvalue weighted by Crippen LogP contribution is -2.17. The zero-order chi connectivity index (χ0) is 13.4. The van der Waals surface area contributed by atoms with Crippen LogP contribution in [-0.2, 0) is 4.74 Å². The molecular formula is C14H20N4O. The minimum Gasteiger partial charge on any atom is -0.383 e. The van der Waals surface area contributed by atoms with Crippen molar-refractivity contribution in [3.8, 4) is 0 Å². The molecule has 5 nitrogen and oxygen atoms in total. The van der Waals surface area contributed by atoms with Crippen molar-refractivity contribution in [1.82, 2.24) is 9.38 Å². The number of anilines is 2. The number of fused-ring (bicyclic) bond motifs is 1. The summed E-state index contributed by atoms with van der Waals surface area (Å²) in [6.45, 7) is 1.59. The monoisotopic (exact) mass is 260 g/mol. The highest BCUT2D eigenvalue weighted by Gasteiger charge is 2.22. The largest absolute Gasteiger partial charge is 0.383 e. The van der Waals surface area contributed by atoms with E-state index in [0.29, 0.717) is 5.92 Å². The Morgan fingerprint density at radius 1 is 1.42 bits per heavy atom. The summed E-state index contributed by atoms with van der Waals surface area (Å²) in [6.07, 6.45) is 4.22. The van der Waals surface area contributed by atoms with Crippen LogP contribution < -0.4 is 10.6 Å². The molecule has 0 radical (unpaired) electrons. The Bertz CT molecular complexity index is 584. The number of nitrogens with two attached hydrogens (primary N) is 1. The number of nitrogens with zero attached hydrogens (tertiary/aromatic N) is 3. The molecule has 0 amide bonds. The Hall–Kier alpha value is -1.75. The average molecular weight is 260 g/mol. The van der Waals surface area contributed by atoms with Gasteiger partial charge in [0.15, 0.2) is 0 Å². The third kappa shape index (κ3) is 2.14. The maximum absolute atomic E-state index is 6.27. The molecule has 1 atom stereocenters. The van der Waals surface area contributed by atoms with Crippen molar-refractivity contribution >= 4 is 17.2 Å². The summed E-state index contributed by atoms with van der Waals surface area (Å²) in [6, 6.07) is 4.07. The zero-order valence-corrected chi connectivity index (χ0v) is 11.5. The summed E-state index contributed by atoms with van der Waals surface area (Å²) in [5, 5.41) is 0. The van der Waals surface area contributed by atoms with Gasteiger partial charge in [0.25, 0.3) is 0 Å². The van der Waals surface area contributed by atoms with Crippen molar-refractivity contribution in [3.05, 3.63) is 24.0 Å². The van der Waals surface area contributed by atoms with Crippen molar-refractivity contribution in [2.75, 3.05) is 37.9 Å². The van der Waals surface area contributed by atoms with Crippen LogP contribution in [0.2, 0.25) is 0 Å². The zero-order valence-electron chi connectivity index (χ0n) is 11.5. The molecular weight excluding hydrogens is 240 g/mol. The van der Waals surface area contributed by atoms with Crippen molar-refractivity contribution in [1.29, 1.82) is 0 Å². The number of imidazole rings is 1. The van der Waals surface area contributed by atoms with Gasteiger partial charge in [0.2, 0.25) is 0 Å². The van der Waals surface area contributed by atoms with E-state index < -0.39 is 0 Å². The lowest BCUT2D eigenvalue weighted by Gasteiger charge is -2.20. The lowest BCUT2D eigenvalue weighted by atomic mass is 9.99. The summed E-state index contributed by atoms with van der Waals surface area (Å²) < 4.78 is 7.51. The predicted octanol–water partition coefficient (Wildman–Crippen LogP) is 1.88. The Morgan fingerprint density at radius 3 is 2.95 bits per heavy atom. The normalized spacial score (nSPS) is 19.8. The molecule has 2 aromatic rings. The first-order valence-electron chi connectivity index (χ1n) is 6.69. The topological polar surface area (TPSA) is 55.8 Å². The van der Waals surface area contributed by atoms with Gasteiger partial charge < -0.3 is 15.4 Å². The van der Waals surface area contributed by atoms with Gasteiger partial charge in [-0.3, -0.25) is 4.40 Å². The molecule has 0 bridgehead atoms. The van der Waals surface area contributed by atoms with Crippen LogP contribution in [0.15, 0.2) is 18.3 Å². The van der Waals surface area contributed by atoms with Crippen LogP contribution in [-0.4, -0.2) is 36.7 Å². The van der Waals surface area contributed by atoms with E-state index in [1.807, 2.05) is 30.8 Å². The van der Waals surface area contributed by atoms with E-state index in [-0.39, 0.29) is 0 Å². The highest BCUT2D eigenvalue weighted by atomic mass is 16.5. The summed E-state index contributed by atoms with van der Waals surface area (Å²) in [4.78, 5) is 6.73. The van der Waals surface area contributed by atoms with Crippen LogP contribution in [0.3, 0.4) is 0 Å². The number of aromatic nitrogens is 2. The Balaban J connectivity index is 2.04. The molecule has 19 heavy (non-hydrogen) atoms. The standard InChI is InChI=1S/C14H20N4O/c1-17(2)11-5-6-12-16-13(14(15)18(12)8-11)10-4-3-7-19-9-10/h5-6,8,10H,3-4,7,9,15H2,1-2H3. The molecule has 5 heteroatoms. The molecule has 1 aliphatic rings. The van der Waals surface area contributed by atoms with Gasteiger partial charge in [0.05, 0.1) is 18.0 Å². The lowest BCUT2D eigenvalue weighted by molar-refractivity contribution is 0.0796. The molecule has 1 aliphatic heterocycles. The Labute approximate surface area is 113 Å². The highest BCUT2D eigenvalue weighted by Crippen LogP contribution is 2.30. The average Bonchev–Trinajstić information content (AvgIpc) is 2.77. The summed E-state index contributed by atoms with van der Waals surface area (Å²) >= 11 is 0. The smallest absolute Gasteiger partial charge is 0.138 e. The third-order valence-electron chi connectivity index (χ3n) is 3.73. The molecule has 1 saturated heterocycles. The number of hydrogen-bond acceptors (Lipinski definition) is 4. The maximum atomic E-state index is 6.27. The van der Waals surface area contributed by atoms with E-state index in [2.05, 4.69) is 16.0 Å². The van der Waals surface area contributed by atoms with Crippen LogP contribution in [0.5, 0.6) is 0 Å². The predicted molar refractivity (Wildman–Crippen MR) is 76.7 cm³/mol. The van der Waals surface area contributed by atoms with E-state index in [4.69, 9.17) is 10.5 Å². The van der Waals surface area contributed by atoms with Crippen molar-refractivity contribution in [3.63, 3.8) is 0 Å². The van der Waals surface area contributed by atoms with E-state index >= 15 is 0 Å². The third-order valence-corrected chi connectivity index (χ3v) is 3.73. The molecule has 0 aliphatic carbocycles. The van der Waals surface area contributed by atoms with Gasteiger partial charge in [-0.1, -0.05) is 0 Å². The van der Waals surface area contributed by atoms with Gasteiger partial charge in [-0.2, -0.15) is 0 Å². The Morgan fingerprint density at radius 2 is 2.26 bits per heavy atom. The van der Waals surface area contributed by atoms with E-state index in [1.165, 1.54) is 0 Å². The minimum absolute atomic E-state index is 0.330. The molecule has 0 aromatic carbocycles. The van der Waals surface area contributed by atoms with Gasteiger partial charge in [-0.25, -0.2) is 4.98 Å². The molecule has 3 heterocycles. The minimum atomic E-state index is 0.330. The first-order chi connectivity index (χ1) is 9.16. The SMILES string of the molecule is CN(C)c1ccc2nc(C3CCCOC3)c(N)n2c1. The molecule has 0 spiro atoms. The fourth-order valence-corrected chi connectivity index (χ4v) is 2.59. The van der Waals surface area contributed by atoms with Gasteiger partial charge in [-0.05, 0) is 25.0 Å². The quantitative estimate of drug-likeness (QED) is 0.895. The fourth-order valence-electron chi connectivity index (χ4n) is 2.59. The van der Waals surface area contributed by atoms with Gasteiger partial charge in [0, 0.05) is 32.8 Å². The highest BCUT2D eigenvalue weighted by molar-refractivity contribution is 5.59. The summed E-state index contributed by atoms with van der Waals surface area (Å²) in [5.41, 5.74) is 9.27. The fraction of sp³-hybridized carbons (Fsp3) is 0.500. The number of pyridine rings is 1. The maximum Gasteiger partial charge on any atom is 0.138 e. The molecule has 1 fully saturated rings. The van der Waals surface area contributed by atoms with Crippen molar-refractivity contribution in [2.24, 2.45) is 0 Å². The number of nitrogen functional groups attached to an aromatic ring is 1. The number of hydrogen-bond donors (Lipinski definition) is 1. The molecule has 0 saturated carbocycles. The van der Waals surface area contributed by atoms with Gasteiger partial charge in [0.1, 0.15) is 11.5 Å². The molecule has 2 N–H and O–H groups in total. The Kier molecular flexibility index (Phi) is 3.06. The molecule has 3 rings (SSSR count).